The van der Waals surface area contributed by atoms with E-state index in [1.165, 1.54) is 0 Å². The summed E-state index contributed by atoms with van der Waals surface area (Å²) in [5.41, 5.74) is 6.62. The second-order valence-electron chi connectivity index (χ2n) is 4.89. The lowest BCUT2D eigenvalue weighted by molar-refractivity contribution is 0.423. The Morgan fingerprint density at radius 3 is 2.85 bits per heavy atom. The molecule has 108 valence electrons. The Labute approximate surface area is 125 Å². The van der Waals surface area contributed by atoms with Gasteiger partial charge in [-0.1, -0.05) is 19.0 Å². The van der Waals surface area contributed by atoms with Crippen LogP contribution in [0.25, 0.3) is 11.5 Å². The minimum atomic E-state index is 0.279. The lowest BCUT2D eigenvalue weighted by atomic mass is 10.3. The van der Waals surface area contributed by atoms with Crippen LogP contribution in [0.2, 0.25) is 0 Å². The number of hydrogen-bond acceptors (Lipinski definition) is 7. The smallest absolute Gasteiger partial charge is 0.263 e. The van der Waals surface area contributed by atoms with Crippen molar-refractivity contribution in [2.75, 3.05) is 11.5 Å². The van der Waals surface area contributed by atoms with Crippen molar-refractivity contribution in [2.45, 2.75) is 29.6 Å². The zero-order valence-corrected chi connectivity index (χ0v) is 13.2. The molecule has 0 radical (unpaired) electrons. The van der Waals surface area contributed by atoms with Gasteiger partial charge in [0.15, 0.2) is 5.82 Å². The van der Waals surface area contributed by atoms with Crippen LogP contribution in [-0.4, -0.2) is 36.2 Å². The van der Waals surface area contributed by atoms with E-state index in [1.54, 1.807) is 17.9 Å². The normalized spacial score (nSPS) is 26.9. The molecule has 6 nitrogen and oxygen atoms in total. The number of aryl methyl sites for hydroxylation is 1. The van der Waals surface area contributed by atoms with Crippen LogP contribution in [0.1, 0.15) is 24.9 Å². The minimum Gasteiger partial charge on any atom is -0.383 e. The maximum atomic E-state index is 5.93. The molecule has 20 heavy (non-hydrogen) atoms. The third-order valence-electron chi connectivity index (χ3n) is 3.50. The average molecular weight is 311 g/mol. The summed E-state index contributed by atoms with van der Waals surface area (Å²) in [5.74, 6) is 2.74. The Bertz CT molecular complexity index is 611. The van der Waals surface area contributed by atoms with Gasteiger partial charge in [-0.15, -0.1) is 11.8 Å². The number of anilines is 1. The molecule has 0 saturated carbocycles. The molecule has 1 aliphatic heterocycles. The number of nitrogens with zero attached hydrogens (tertiary/aromatic N) is 4. The lowest BCUT2D eigenvalue weighted by Crippen LogP contribution is -2.22. The van der Waals surface area contributed by atoms with Crippen LogP contribution in [0.5, 0.6) is 0 Å². The van der Waals surface area contributed by atoms with E-state index in [9.17, 15) is 0 Å². The summed E-state index contributed by atoms with van der Waals surface area (Å²) < 4.78 is 6.93. The van der Waals surface area contributed by atoms with Crippen molar-refractivity contribution in [3.8, 4) is 11.5 Å². The molecule has 1 saturated heterocycles. The molecule has 3 atom stereocenters. The van der Waals surface area contributed by atoms with Crippen molar-refractivity contribution < 1.29 is 4.52 Å². The molecule has 2 N–H and O–H groups in total. The fourth-order valence-electron chi connectivity index (χ4n) is 2.01. The molecule has 0 bridgehead atoms. The number of hydrogen-bond donors (Lipinski definition) is 1. The first-order chi connectivity index (χ1) is 9.56. The van der Waals surface area contributed by atoms with Gasteiger partial charge in [0.25, 0.3) is 5.89 Å². The van der Waals surface area contributed by atoms with Crippen LogP contribution in [-0.2, 0) is 7.05 Å². The molecule has 1 fully saturated rings. The first kappa shape index (κ1) is 13.8. The van der Waals surface area contributed by atoms with Gasteiger partial charge >= 0.3 is 0 Å². The van der Waals surface area contributed by atoms with Gasteiger partial charge in [0.1, 0.15) is 11.4 Å². The molecular formula is C12H17N5OS2. The maximum Gasteiger partial charge on any atom is 0.263 e. The highest BCUT2D eigenvalue weighted by atomic mass is 32.2. The van der Waals surface area contributed by atoms with Crippen molar-refractivity contribution in [2.24, 2.45) is 7.05 Å². The molecule has 0 aromatic carbocycles. The van der Waals surface area contributed by atoms with Gasteiger partial charge in [-0.2, -0.15) is 21.8 Å². The monoisotopic (exact) mass is 311 g/mol. The first-order valence-electron chi connectivity index (χ1n) is 6.44. The van der Waals surface area contributed by atoms with E-state index in [2.05, 4.69) is 29.1 Å². The van der Waals surface area contributed by atoms with E-state index in [0.717, 1.165) is 11.6 Å². The summed E-state index contributed by atoms with van der Waals surface area (Å²) in [6.45, 7) is 4.51. The van der Waals surface area contributed by atoms with Crippen LogP contribution in [0.4, 0.5) is 5.82 Å². The van der Waals surface area contributed by atoms with E-state index < -0.39 is 0 Å². The van der Waals surface area contributed by atoms with Crippen LogP contribution in [0.15, 0.2) is 10.7 Å². The molecule has 0 aliphatic carbocycles. The summed E-state index contributed by atoms with van der Waals surface area (Å²) in [5, 5.41) is 9.73. The number of nitrogens with two attached hydrogens (primary N) is 1. The number of nitrogen functional groups attached to an aromatic ring is 1. The molecule has 8 heteroatoms. The fraction of sp³-hybridized carbons (Fsp3) is 0.583. The first-order valence-corrected chi connectivity index (χ1v) is 8.44. The third-order valence-corrected chi connectivity index (χ3v) is 6.88. The molecule has 0 amide bonds. The second kappa shape index (κ2) is 5.33. The molecule has 3 rings (SSSR count). The zero-order chi connectivity index (χ0) is 14.3. The minimum absolute atomic E-state index is 0.279. The molecular weight excluding hydrogens is 294 g/mol. The summed E-state index contributed by atoms with van der Waals surface area (Å²) in [7, 11) is 1.78. The SMILES string of the molecule is CC1SCC(c2noc(-c3cnn(C)c3N)n2)SC1C. The lowest BCUT2D eigenvalue weighted by Gasteiger charge is -2.29. The van der Waals surface area contributed by atoms with Crippen molar-refractivity contribution in [1.29, 1.82) is 0 Å². The van der Waals surface area contributed by atoms with Crippen molar-refractivity contribution in [3.63, 3.8) is 0 Å². The summed E-state index contributed by atoms with van der Waals surface area (Å²) >= 11 is 3.87. The third kappa shape index (κ3) is 2.42. The summed E-state index contributed by atoms with van der Waals surface area (Å²) in [6, 6.07) is 0. The predicted octanol–water partition coefficient (Wildman–Crippen LogP) is 2.35. The molecule has 2 aromatic heterocycles. The van der Waals surface area contributed by atoms with Crippen LogP contribution >= 0.6 is 23.5 Å². The second-order valence-corrected chi connectivity index (χ2v) is 7.89. The van der Waals surface area contributed by atoms with E-state index in [1.807, 2.05) is 23.5 Å². The Morgan fingerprint density at radius 2 is 2.20 bits per heavy atom. The van der Waals surface area contributed by atoms with Crippen LogP contribution < -0.4 is 5.73 Å². The highest BCUT2D eigenvalue weighted by Gasteiger charge is 2.30. The topological polar surface area (TPSA) is 82.8 Å². The predicted molar refractivity (Wildman–Crippen MR) is 82.6 cm³/mol. The number of aromatic nitrogens is 4. The Hall–Kier alpha value is -1.15. The van der Waals surface area contributed by atoms with Crippen molar-refractivity contribution in [1.82, 2.24) is 19.9 Å². The molecule has 1 aliphatic rings. The molecule has 3 unspecified atom stereocenters. The van der Waals surface area contributed by atoms with Gasteiger partial charge in [-0.05, 0) is 0 Å². The Balaban J connectivity index is 1.82. The Morgan fingerprint density at radius 1 is 1.40 bits per heavy atom. The van der Waals surface area contributed by atoms with Crippen molar-refractivity contribution in [3.05, 3.63) is 12.0 Å². The van der Waals surface area contributed by atoms with Crippen LogP contribution in [0.3, 0.4) is 0 Å². The molecule has 2 aromatic rings. The summed E-state index contributed by atoms with van der Waals surface area (Å²) in [6.07, 6.45) is 1.65. The van der Waals surface area contributed by atoms with Crippen LogP contribution in [0, 0.1) is 0 Å². The fourth-order valence-corrected chi connectivity index (χ4v) is 4.84. The molecule has 3 heterocycles. The highest BCUT2D eigenvalue weighted by Crippen LogP contribution is 2.43. The van der Waals surface area contributed by atoms with Gasteiger partial charge in [-0.25, -0.2) is 0 Å². The quantitative estimate of drug-likeness (QED) is 0.911. The average Bonchev–Trinajstić information content (AvgIpc) is 3.02. The largest absolute Gasteiger partial charge is 0.383 e. The Kier molecular flexibility index (Phi) is 3.68. The summed E-state index contributed by atoms with van der Waals surface area (Å²) in [4.78, 5) is 4.49. The van der Waals surface area contributed by atoms with E-state index >= 15 is 0 Å². The highest BCUT2D eigenvalue weighted by molar-refractivity contribution is 8.07. The van der Waals surface area contributed by atoms with Gasteiger partial charge in [0, 0.05) is 23.3 Å². The zero-order valence-electron chi connectivity index (χ0n) is 11.6. The number of rotatable bonds is 2. The van der Waals surface area contributed by atoms with E-state index in [-0.39, 0.29) is 5.25 Å². The van der Waals surface area contributed by atoms with Gasteiger partial charge in [0.2, 0.25) is 0 Å². The van der Waals surface area contributed by atoms with E-state index in [4.69, 9.17) is 10.3 Å². The number of thioether (sulfide) groups is 2. The van der Waals surface area contributed by atoms with Gasteiger partial charge < -0.3 is 10.3 Å². The van der Waals surface area contributed by atoms with Gasteiger partial charge in [-0.3, -0.25) is 4.68 Å². The van der Waals surface area contributed by atoms with Gasteiger partial charge in [0.05, 0.1) is 11.4 Å². The standard InChI is InChI=1S/C12H17N5OS2/c1-6-7(2)20-9(5-19-6)11-15-12(18-16-11)8-4-14-17(3)10(8)13/h4,6-7,9H,5,13H2,1-3H3. The maximum absolute atomic E-state index is 5.93. The van der Waals surface area contributed by atoms with Crippen molar-refractivity contribution >= 4 is 29.3 Å². The van der Waals surface area contributed by atoms with E-state index in [0.29, 0.717) is 27.8 Å². The molecule has 0 spiro atoms.